The lowest BCUT2D eigenvalue weighted by molar-refractivity contribution is -0.0405. The van der Waals surface area contributed by atoms with Crippen LogP contribution in [0.4, 0.5) is 4.79 Å². The Balaban J connectivity index is 1.25. The van der Waals surface area contributed by atoms with Crippen molar-refractivity contribution in [3.05, 3.63) is 30.1 Å². The maximum Gasteiger partial charge on any atom is 0.320 e. The average molecular weight is 345 g/mol. The molecule has 0 aliphatic carbocycles. The number of rotatable bonds is 3. The van der Waals surface area contributed by atoms with Gasteiger partial charge in [-0.1, -0.05) is 6.07 Å². The highest BCUT2D eigenvalue weighted by atomic mass is 16.6. The summed E-state index contributed by atoms with van der Waals surface area (Å²) in [7, 11) is 0. The number of hydrogen-bond acceptors (Lipinski definition) is 4. The van der Waals surface area contributed by atoms with E-state index in [9.17, 15) is 4.79 Å². The molecule has 0 bridgehead atoms. The van der Waals surface area contributed by atoms with Crippen molar-refractivity contribution in [3.8, 4) is 0 Å². The van der Waals surface area contributed by atoms with Gasteiger partial charge >= 0.3 is 6.03 Å². The third kappa shape index (κ3) is 3.80. The average Bonchev–Trinajstić information content (AvgIpc) is 3.32. The van der Waals surface area contributed by atoms with Crippen molar-refractivity contribution < 1.29 is 14.3 Å². The van der Waals surface area contributed by atoms with E-state index >= 15 is 0 Å². The predicted octanol–water partition coefficient (Wildman–Crippen LogP) is 2.44. The number of piperidine rings is 1. The number of nitrogens with zero attached hydrogens (tertiary/aromatic N) is 3. The Hall–Kier alpha value is -1.66. The summed E-state index contributed by atoms with van der Waals surface area (Å²) in [6.45, 7) is 4.60. The highest BCUT2D eigenvalue weighted by molar-refractivity contribution is 5.74. The second kappa shape index (κ2) is 7.30. The summed E-state index contributed by atoms with van der Waals surface area (Å²) in [5.74, 6) is 0. The first-order valence-corrected chi connectivity index (χ1v) is 9.43. The van der Waals surface area contributed by atoms with Gasteiger partial charge in [0.05, 0.1) is 30.6 Å². The Bertz CT molecular complexity index is 581. The van der Waals surface area contributed by atoms with Gasteiger partial charge in [-0.15, -0.1) is 0 Å². The van der Waals surface area contributed by atoms with Gasteiger partial charge in [-0.25, -0.2) is 4.79 Å². The molecule has 136 valence electrons. The van der Waals surface area contributed by atoms with E-state index in [1.54, 1.807) is 6.20 Å². The zero-order valence-corrected chi connectivity index (χ0v) is 14.7. The first kappa shape index (κ1) is 16.8. The smallest absolute Gasteiger partial charge is 0.320 e. The third-order valence-corrected chi connectivity index (χ3v) is 5.69. The SMILES string of the molecule is O=C(N1CCCC1)N1CCC2(CC1)C[C@@H](OCc1ccccn1)CO2. The summed E-state index contributed by atoms with van der Waals surface area (Å²) in [5, 5.41) is 0. The summed E-state index contributed by atoms with van der Waals surface area (Å²) in [5.41, 5.74) is 0.853. The van der Waals surface area contributed by atoms with Gasteiger partial charge in [0, 0.05) is 38.8 Å². The third-order valence-electron chi connectivity index (χ3n) is 5.69. The fraction of sp³-hybridized carbons (Fsp3) is 0.684. The molecule has 0 radical (unpaired) electrons. The van der Waals surface area contributed by atoms with Crippen molar-refractivity contribution in [1.82, 2.24) is 14.8 Å². The first-order valence-electron chi connectivity index (χ1n) is 9.43. The van der Waals surface area contributed by atoms with Gasteiger partial charge in [0.2, 0.25) is 0 Å². The van der Waals surface area contributed by atoms with E-state index in [0.717, 1.165) is 64.0 Å². The Kier molecular flexibility index (Phi) is 4.90. The molecule has 3 aliphatic heterocycles. The van der Waals surface area contributed by atoms with Crippen molar-refractivity contribution in [2.75, 3.05) is 32.8 Å². The number of likely N-dealkylation sites (tertiary alicyclic amines) is 2. The van der Waals surface area contributed by atoms with Crippen molar-refractivity contribution >= 4 is 6.03 Å². The molecule has 25 heavy (non-hydrogen) atoms. The Labute approximate surface area is 149 Å². The van der Waals surface area contributed by atoms with Crippen LogP contribution in [0.1, 0.15) is 37.8 Å². The van der Waals surface area contributed by atoms with Gasteiger partial charge in [0.15, 0.2) is 0 Å². The van der Waals surface area contributed by atoms with Crippen molar-refractivity contribution in [3.63, 3.8) is 0 Å². The molecule has 0 saturated carbocycles. The minimum atomic E-state index is -0.101. The Morgan fingerprint density at radius 1 is 1.20 bits per heavy atom. The van der Waals surface area contributed by atoms with E-state index in [0.29, 0.717) is 13.2 Å². The molecular weight excluding hydrogens is 318 g/mol. The summed E-state index contributed by atoms with van der Waals surface area (Å²) in [4.78, 5) is 20.8. The van der Waals surface area contributed by atoms with E-state index in [1.165, 1.54) is 0 Å². The maximum atomic E-state index is 12.5. The minimum absolute atomic E-state index is 0.101. The molecule has 0 unspecified atom stereocenters. The van der Waals surface area contributed by atoms with Crippen molar-refractivity contribution in [1.29, 1.82) is 0 Å². The zero-order chi connectivity index (χ0) is 17.1. The highest BCUT2D eigenvalue weighted by Gasteiger charge is 2.44. The maximum absolute atomic E-state index is 12.5. The van der Waals surface area contributed by atoms with Crippen LogP contribution in [0, 0.1) is 0 Å². The second-order valence-corrected chi connectivity index (χ2v) is 7.42. The Morgan fingerprint density at radius 3 is 2.68 bits per heavy atom. The summed E-state index contributed by atoms with van der Waals surface area (Å²) >= 11 is 0. The van der Waals surface area contributed by atoms with Gasteiger partial charge in [0.1, 0.15) is 0 Å². The molecule has 0 aromatic carbocycles. The molecule has 3 saturated heterocycles. The van der Waals surface area contributed by atoms with Crippen LogP contribution in [0.15, 0.2) is 24.4 Å². The van der Waals surface area contributed by atoms with E-state index < -0.39 is 0 Å². The Morgan fingerprint density at radius 2 is 1.96 bits per heavy atom. The number of amides is 2. The molecule has 1 aromatic heterocycles. The molecule has 1 aromatic rings. The van der Waals surface area contributed by atoms with Crippen LogP contribution in [0.2, 0.25) is 0 Å². The molecular formula is C19H27N3O3. The number of pyridine rings is 1. The first-order chi connectivity index (χ1) is 12.2. The van der Waals surface area contributed by atoms with Crippen LogP contribution in [0.25, 0.3) is 0 Å². The lowest BCUT2D eigenvalue weighted by Crippen LogP contribution is -2.50. The normalized spacial score (nSPS) is 25.7. The number of ether oxygens (including phenoxy) is 2. The van der Waals surface area contributed by atoms with Gasteiger partial charge in [-0.05, 0) is 37.8 Å². The molecule has 3 aliphatic rings. The quantitative estimate of drug-likeness (QED) is 0.844. The van der Waals surface area contributed by atoms with E-state index in [1.807, 2.05) is 28.0 Å². The lowest BCUT2D eigenvalue weighted by atomic mass is 9.88. The molecule has 1 spiro atoms. The number of hydrogen-bond donors (Lipinski definition) is 0. The summed E-state index contributed by atoms with van der Waals surface area (Å²) < 4.78 is 12.1. The zero-order valence-electron chi connectivity index (χ0n) is 14.7. The van der Waals surface area contributed by atoms with Gasteiger partial charge in [-0.3, -0.25) is 4.98 Å². The van der Waals surface area contributed by atoms with E-state index in [4.69, 9.17) is 9.47 Å². The molecule has 2 amide bonds. The fourth-order valence-corrected chi connectivity index (χ4v) is 4.16. The fourth-order valence-electron chi connectivity index (χ4n) is 4.16. The molecule has 3 fully saturated rings. The summed E-state index contributed by atoms with van der Waals surface area (Å²) in [6.07, 6.45) is 6.95. The molecule has 4 heterocycles. The molecule has 6 heteroatoms. The van der Waals surface area contributed by atoms with Gasteiger partial charge in [-0.2, -0.15) is 0 Å². The van der Waals surface area contributed by atoms with Crippen LogP contribution in [0.5, 0.6) is 0 Å². The van der Waals surface area contributed by atoms with Gasteiger partial charge < -0.3 is 19.3 Å². The monoisotopic (exact) mass is 345 g/mol. The van der Waals surface area contributed by atoms with Crippen LogP contribution in [0.3, 0.4) is 0 Å². The van der Waals surface area contributed by atoms with Gasteiger partial charge in [0.25, 0.3) is 0 Å². The molecule has 0 N–H and O–H groups in total. The standard InChI is InChI=1S/C19H27N3O3/c23-18(21-9-3-4-10-21)22-11-6-19(7-12-22)13-17(15-25-19)24-14-16-5-1-2-8-20-16/h1-2,5,8,17H,3-4,6-7,9-15H2/t17-/m1/s1. The number of carbonyl (C=O) groups is 1. The molecule has 4 rings (SSSR count). The van der Waals surface area contributed by atoms with Crippen molar-refractivity contribution in [2.24, 2.45) is 0 Å². The number of aromatic nitrogens is 1. The van der Waals surface area contributed by atoms with E-state index in [2.05, 4.69) is 4.98 Å². The predicted molar refractivity (Wildman–Crippen MR) is 93.1 cm³/mol. The van der Waals surface area contributed by atoms with Crippen molar-refractivity contribution in [2.45, 2.75) is 50.4 Å². The number of urea groups is 1. The van der Waals surface area contributed by atoms with Crippen LogP contribution in [-0.2, 0) is 16.1 Å². The van der Waals surface area contributed by atoms with Crippen LogP contribution >= 0.6 is 0 Å². The molecule has 6 nitrogen and oxygen atoms in total. The van der Waals surface area contributed by atoms with Crippen LogP contribution in [-0.4, -0.2) is 65.3 Å². The van der Waals surface area contributed by atoms with Crippen LogP contribution < -0.4 is 0 Å². The minimum Gasteiger partial charge on any atom is -0.372 e. The highest BCUT2D eigenvalue weighted by Crippen LogP contribution is 2.37. The largest absolute Gasteiger partial charge is 0.372 e. The second-order valence-electron chi connectivity index (χ2n) is 7.42. The van der Waals surface area contributed by atoms with E-state index in [-0.39, 0.29) is 17.7 Å². The summed E-state index contributed by atoms with van der Waals surface area (Å²) in [6, 6.07) is 6.08. The topological polar surface area (TPSA) is 54.9 Å². The lowest BCUT2D eigenvalue weighted by Gasteiger charge is -2.39. The molecule has 1 atom stereocenters. The number of carbonyl (C=O) groups excluding carboxylic acids is 1.